The van der Waals surface area contributed by atoms with E-state index in [0.717, 1.165) is 6.42 Å². The SMILES string of the molecule is CCCC(=O)c1ccc2c(c1)N(CC(N)=O)C(=O)C(C(C)C)O2. The van der Waals surface area contributed by atoms with Crippen molar-refractivity contribution in [1.82, 2.24) is 0 Å². The molecule has 1 atom stereocenters. The third kappa shape index (κ3) is 3.52. The van der Waals surface area contributed by atoms with E-state index in [4.69, 9.17) is 10.5 Å². The number of Topliss-reactive ketones (excluding diaryl/α,β-unsaturated/α-hetero) is 1. The Bertz CT molecular complexity index is 639. The lowest BCUT2D eigenvalue weighted by atomic mass is 10.0. The number of ketones is 1. The Kier molecular flexibility index (Phi) is 5.03. The minimum Gasteiger partial charge on any atom is -0.478 e. The van der Waals surface area contributed by atoms with E-state index in [2.05, 4.69) is 0 Å². The number of benzene rings is 1. The van der Waals surface area contributed by atoms with Crippen LogP contribution in [0, 0.1) is 5.92 Å². The summed E-state index contributed by atoms with van der Waals surface area (Å²) >= 11 is 0. The molecule has 6 nitrogen and oxygen atoms in total. The molecule has 1 aromatic carbocycles. The van der Waals surface area contributed by atoms with Gasteiger partial charge in [0.1, 0.15) is 12.3 Å². The summed E-state index contributed by atoms with van der Waals surface area (Å²) < 4.78 is 5.76. The van der Waals surface area contributed by atoms with Crippen molar-refractivity contribution in [2.24, 2.45) is 11.7 Å². The molecule has 1 aromatic rings. The highest BCUT2D eigenvalue weighted by Gasteiger charge is 2.37. The molecule has 2 amide bonds. The van der Waals surface area contributed by atoms with Crippen LogP contribution >= 0.6 is 0 Å². The number of hydrogen-bond acceptors (Lipinski definition) is 4. The second-order valence-corrected chi connectivity index (χ2v) is 6.03. The largest absolute Gasteiger partial charge is 0.478 e. The average molecular weight is 318 g/mol. The van der Waals surface area contributed by atoms with E-state index in [9.17, 15) is 14.4 Å². The quantitative estimate of drug-likeness (QED) is 0.811. The molecule has 1 unspecified atom stereocenters. The van der Waals surface area contributed by atoms with Gasteiger partial charge in [0.15, 0.2) is 11.9 Å². The number of nitrogens with zero attached hydrogens (tertiary/aromatic N) is 1. The zero-order chi connectivity index (χ0) is 17.1. The summed E-state index contributed by atoms with van der Waals surface area (Å²) in [7, 11) is 0. The fourth-order valence-electron chi connectivity index (χ4n) is 2.57. The molecule has 1 aliphatic rings. The van der Waals surface area contributed by atoms with Crippen LogP contribution in [0.15, 0.2) is 18.2 Å². The topological polar surface area (TPSA) is 89.7 Å². The predicted molar refractivity (Wildman–Crippen MR) is 86.5 cm³/mol. The first kappa shape index (κ1) is 17.0. The van der Waals surface area contributed by atoms with Gasteiger partial charge >= 0.3 is 0 Å². The van der Waals surface area contributed by atoms with Gasteiger partial charge in [-0.3, -0.25) is 19.3 Å². The van der Waals surface area contributed by atoms with Crippen LogP contribution in [0.4, 0.5) is 5.69 Å². The van der Waals surface area contributed by atoms with Gasteiger partial charge in [0, 0.05) is 12.0 Å². The minimum absolute atomic E-state index is 0.00671. The van der Waals surface area contributed by atoms with E-state index in [0.29, 0.717) is 23.4 Å². The molecule has 1 aliphatic heterocycles. The van der Waals surface area contributed by atoms with Crippen molar-refractivity contribution in [2.75, 3.05) is 11.4 Å². The molecule has 0 spiro atoms. The van der Waals surface area contributed by atoms with Crippen molar-refractivity contribution in [3.05, 3.63) is 23.8 Å². The summed E-state index contributed by atoms with van der Waals surface area (Å²) in [6, 6.07) is 4.96. The molecule has 23 heavy (non-hydrogen) atoms. The first-order chi connectivity index (χ1) is 10.8. The van der Waals surface area contributed by atoms with Gasteiger partial charge in [-0.2, -0.15) is 0 Å². The summed E-state index contributed by atoms with van der Waals surface area (Å²) in [6.07, 6.45) is 0.503. The summed E-state index contributed by atoms with van der Waals surface area (Å²) in [5.41, 5.74) is 6.19. The molecule has 6 heteroatoms. The molecule has 0 aromatic heterocycles. The molecule has 0 fully saturated rings. The molecule has 0 bridgehead atoms. The van der Waals surface area contributed by atoms with E-state index in [1.807, 2.05) is 20.8 Å². The lowest BCUT2D eigenvalue weighted by molar-refractivity contribution is -0.129. The number of primary amides is 1. The van der Waals surface area contributed by atoms with Gasteiger partial charge < -0.3 is 10.5 Å². The Morgan fingerprint density at radius 2 is 2.04 bits per heavy atom. The van der Waals surface area contributed by atoms with Crippen LogP contribution in [-0.2, 0) is 9.59 Å². The average Bonchev–Trinajstić information content (AvgIpc) is 2.49. The van der Waals surface area contributed by atoms with Crippen molar-refractivity contribution >= 4 is 23.3 Å². The summed E-state index contributed by atoms with van der Waals surface area (Å²) in [4.78, 5) is 37.3. The normalized spacial score (nSPS) is 17.0. The maximum Gasteiger partial charge on any atom is 0.268 e. The molecule has 0 saturated carbocycles. The zero-order valence-corrected chi connectivity index (χ0v) is 13.7. The van der Waals surface area contributed by atoms with Crippen molar-refractivity contribution in [2.45, 2.75) is 39.7 Å². The highest BCUT2D eigenvalue weighted by molar-refractivity contribution is 6.05. The molecular formula is C17H22N2O4. The van der Waals surface area contributed by atoms with Crippen LogP contribution in [-0.4, -0.2) is 30.2 Å². The van der Waals surface area contributed by atoms with Crippen LogP contribution in [0.3, 0.4) is 0 Å². The molecule has 0 radical (unpaired) electrons. The number of ether oxygens (including phenoxy) is 1. The molecular weight excluding hydrogens is 296 g/mol. The second kappa shape index (κ2) is 6.81. The fraction of sp³-hybridized carbons (Fsp3) is 0.471. The fourth-order valence-corrected chi connectivity index (χ4v) is 2.57. The molecule has 124 valence electrons. The smallest absolute Gasteiger partial charge is 0.268 e. The van der Waals surface area contributed by atoms with Crippen LogP contribution in [0.1, 0.15) is 44.0 Å². The Labute approximate surface area is 135 Å². The van der Waals surface area contributed by atoms with Gasteiger partial charge in [-0.25, -0.2) is 0 Å². The lowest BCUT2D eigenvalue weighted by Crippen LogP contribution is -2.51. The lowest BCUT2D eigenvalue weighted by Gasteiger charge is -2.35. The first-order valence-corrected chi connectivity index (χ1v) is 7.78. The third-order valence-corrected chi connectivity index (χ3v) is 3.73. The number of rotatable bonds is 6. The van der Waals surface area contributed by atoms with Crippen molar-refractivity contribution in [3.63, 3.8) is 0 Å². The first-order valence-electron chi connectivity index (χ1n) is 7.78. The maximum absolute atomic E-state index is 12.6. The zero-order valence-electron chi connectivity index (χ0n) is 13.7. The van der Waals surface area contributed by atoms with Gasteiger partial charge in [0.2, 0.25) is 5.91 Å². The van der Waals surface area contributed by atoms with Crippen molar-refractivity contribution in [1.29, 1.82) is 0 Å². The summed E-state index contributed by atoms with van der Waals surface area (Å²) in [5, 5.41) is 0. The molecule has 1 heterocycles. The van der Waals surface area contributed by atoms with Gasteiger partial charge in [-0.15, -0.1) is 0 Å². The molecule has 2 rings (SSSR count). The molecule has 0 aliphatic carbocycles. The minimum atomic E-state index is -0.668. The van der Waals surface area contributed by atoms with Crippen molar-refractivity contribution < 1.29 is 19.1 Å². The van der Waals surface area contributed by atoms with Crippen LogP contribution in [0.2, 0.25) is 0 Å². The van der Waals surface area contributed by atoms with Gasteiger partial charge in [-0.1, -0.05) is 20.8 Å². The van der Waals surface area contributed by atoms with E-state index < -0.39 is 12.0 Å². The number of nitrogens with two attached hydrogens (primary N) is 1. The Morgan fingerprint density at radius 1 is 1.35 bits per heavy atom. The van der Waals surface area contributed by atoms with E-state index in [1.54, 1.807) is 18.2 Å². The Morgan fingerprint density at radius 3 is 2.61 bits per heavy atom. The number of amides is 2. The molecule has 0 saturated heterocycles. The van der Waals surface area contributed by atoms with E-state index >= 15 is 0 Å². The standard InChI is InChI=1S/C17H22N2O4/c1-4-5-13(20)11-6-7-14-12(8-11)19(9-15(18)21)17(22)16(23-14)10(2)3/h6-8,10,16H,4-5,9H2,1-3H3,(H2,18,21). The summed E-state index contributed by atoms with van der Waals surface area (Å²) in [6.45, 7) is 5.43. The van der Waals surface area contributed by atoms with E-state index in [-0.39, 0.29) is 24.2 Å². The third-order valence-electron chi connectivity index (χ3n) is 3.73. The summed E-state index contributed by atoms with van der Waals surface area (Å²) in [5.74, 6) is -0.497. The maximum atomic E-state index is 12.6. The van der Waals surface area contributed by atoms with Gasteiger partial charge in [-0.05, 0) is 30.5 Å². The molecule has 2 N–H and O–H groups in total. The number of fused-ring (bicyclic) bond motifs is 1. The van der Waals surface area contributed by atoms with Crippen molar-refractivity contribution in [3.8, 4) is 5.75 Å². The predicted octanol–water partition coefficient (Wildman–Crippen LogP) is 1.90. The van der Waals surface area contributed by atoms with Gasteiger partial charge in [0.05, 0.1) is 5.69 Å². The number of anilines is 1. The Hall–Kier alpha value is -2.37. The van der Waals surface area contributed by atoms with Crippen LogP contribution in [0.5, 0.6) is 5.75 Å². The van der Waals surface area contributed by atoms with Gasteiger partial charge in [0.25, 0.3) is 5.91 Å². The second-order valence-electron chi connectivity index (χ2n) is 6.03. The number of hydrogen-bond donors (Lipinski definition) is 1. The monoisotopic (exact) mass is 318 g/mol. The highest BCUT2D eigenvalue weighted by atomic mass is 16.5. The van der Waals surface area contributed by atoms with Crippen LogP contribution in [0.25, 0.3) is 0 Å². The number of carbonyl (C=O) groups is 3. The van der Waals surface area contributed by atoms with E-state index in [1.165, 1.54) is 4.90 Å². The Balaban J connectivity index is 2.45. The number of carbonyl (C=O) groups excluding carboxylic acids is 3. The highest BCUT2D eigenvalue weighted by Crippen LogP contribution is 2.36. The van der Waals surface area contributed by atoms with Crippen LogP contribution < -0.4 is 15.4 Å².